The molecule has 4 nitrogen and oxygen atoms in total. The Balaban J connectivity index is 2.05. The molecule has 0 spiro atoms. The fourth-order valence-electron chi connectivity index (χ4n) is 2.74. The quantitative estimate of drug-likeness (QED) is 0.867. The topological polar surface area (TPSA) is 39.7 Å². The highest BCUT2D eigenvalue weighted by Gasteiger charge is 2.48. The fraction of sp³-hybridized carbons (Fsp3) is 0.625. The third-order valence-corrected chi connectivity index (χ3v) is 4.27. The van der Waals surface area contributed by atoms with Gasteiger partial charge >= 0.3 is 0 Å². The van der Waals surface area contributed by atoms with Crippen LogP contribution in [0.3, 0.4) is 0 Å². The van der Waals surface area contributed by atoms with Gasteiger partial charge in [-0.1, -0.05) is 13.8 Å². The maximum Gasteiger partial charge on any atom is 0.162 e. The van der Waals surface area contributed by atoms with Crippen molar-refractivity contribution in [3.8, 4) is 11.5 Å². The van der Waals surface area contributed by atoms with Gasteiger partial charge in [0, 0.05) is 29.8 Å². The summed E-state index contributed by atoms with van der Waals surface area (Å²) in [6, 6.07) is 6.33. The highest BCUT2D eigenvalue weighted by Crippen LogP contribution is 2.44. The van der Waals surface area contributed by atoms with E-state index in [1.165, 1.54) is 0 Å². The minimum atomic E-state index is 0.142. The molecule has 1 N–H and O–H groups in total. The molecule has 2 unspecified atom stereocenters. The summed E-state index contributed by atoms with van der Waals surface area (Å²) in [5.41, 5.74) is 1.19. The summed E-state index contributed by atoms with van der Waals surface area (Å²) in [7, 11) is 3.30. The number of hydrogen-bond acceptors (Lipinski definition) is 4. The molecule has 1 fully saturated rings. The number of rotatable bonds is 6. The Kier molecular flexibility index (Phi) is 4.43. The number of benzene rings is 1. The molecule has 0 aliphatic heterocycles. The van der Waals surface area contributed by atoms with E-state index in [0.717, 1.165) is 30.2 Å². The van der Waals surface area contributed by atoms with Crippen LogP contribution in [0.15, 0.2) is 18.2 Å². The Bertz CT molecular complexity index is 459. The lowest BCUT2D eigenvalue weighted by atomic mass is 9.64. The molecule has 0 amide bonds. The molecule has 0 radical (unpaired) electrons. The van der Waals surface area contributed by atoms with Crippen molar-refractivity contribution >= 4 is 5.69 Å². The van der Waals surface area contributed by atoms with Crippen molar-refractivity contribution in [2.45, 2.75) is 39.3 Å². The monoisotopic (exact) mass is 279 g/mol. The minimum absolute atomic E-state index is 0.142. The maximum absolute atomic E-state index is 5.76. The summed E-state index contributed by atoms with van der Waals surface area (Å²) in [4.78, 5) is 0. The zero-order chi connectivity index (χ0) is 14.8. The van der Waals surface area contributed by atoms with Crippen molar-refractivity contribution in [2.24, 2.45) is 5.41 Å². The molecular formula is C16H25NO3. The number of hydrogen-bond donors (Lipinski definition) is 1. The van der Waals surface area contributed by atoms with Crippen LogP contribution in [-0.4, -0.2) is 33.0 Å². The zero-order valence-electron chi connectivity index (χ0n) is 13.0. The van der Waals surface area contributed by atoms with Crippen LogP contribution in [0.2, 0.25) is 0 Å². The Morgan fingerprint density at radius 3 is 2.45 bits per heavy atom. The van der Waals surface area contributed by atoms with Crippen molar-refractivity contribution in [2.75, 3.05) is 26.1 Å². The summed E-state index contributed by atoms with van der Waals surface area (Å²) >= 11 is 0. The van der Waals surface area contributed by atoms with Crippen molar-refractivity contribution in [1.29, 1.82) is 0 Å². The summed E-state index contributed by atoms with van der Waals surface area (Å²) in [5, 5.41) is 3.57. The molecule has 20 heavy (non-hydrogen) atoms. The predicted octanol–water partition coefficient (Wildman–Crippen LogP) is 3.32. The van der Waals surface area contributed by atoms with Crippen molar-refractivity contribution in [3.63, 3.8) is 0 Å². The highest BCUT2D eigenvalue weighted by molar-refractivity contribution is 5.55. The van der Waals surface area contributed by atoms with Crippen LogP contribution in [0, 0.1) is 5.41 Å². The molecule has 2 atom stereocenters. The van der Waals surface area contributed by atoms with E-state index in [2.05, 4.69) is 19.2 Å². The smallest absolute Gasteiger partial charge is 0.162 e. The third kappa shape index (κ3) is 2.70. The molecule has 1 aromatic carbocycles. The first kappa shape index (κ1) is 15.0. The van der Waals surface area contributed by atoms with Crippen LogP contribution in [-0.2, 0) is 4.74 Å². The molecule has 0 bridgehead atoms. The summed E-state index contributed by atoms with van der Waals surface area (Å²) in [5.74, 6) is 1.49. The van der Waals surface area contributed by atoms with Gasteiger partial charge in [-0.2, -0.15) is 0 Å². The Hall–Kier alpha value is -1.42. The molecule has 2 rings (SSSR count). The van der Waals surface area contributed by atoms with Crippen molar-refractivity contribution in [1.82, 2.24) is 0 Å². The van der Waals surface area contributed by atoms with Crippen LogP contribution in [0.4, 0.5) is 5.69 Å². The van der Waals surface area contributed by atoms with Crippen LogP contribution < -0.4 is 14.8 Å². The predicted molar refractivity (Wildman–Crippen MR) is 80.8 cm³/mol. The first-order chi connectivity index (χ1) is 9.52. The average Bonchev–Trinajstić information content (AvgIpc) is 2.46. The van der Waals surface area contributed by atoms with Crippen LogP contribution in [0.25, 0.3) is 0 Å². The second kappa shape index (κ2) is 5.92. The second-order valence-electron chi connectivity index (χ2n) is 5.77. The van der Waals surface area contributed by atoms with Gasteiger partial charge in [0.15, 0.2) is 11.5 Å². The van der Waals surface area contributed by atoms with Gasteiger partial charge in [0.05, 0.1) is 20.3 Å². The van der Waals surface area contributed by atoms with E-state index < -0.39 is 0 Å². The van der Waals surface area contributed by atoms with Crippen molar-refractivity contribution in [3.05, 3.63) is 18.2 Å². The van der Waals surface area contributed by atoms with E-state index in [1.807, 2.05) is 25.1 Å². The maximum atomic E-state index is 5.76. The molecule has 0 saturated heterocycles. The van der Waals surface area contributed by atoms with Gasteiger partial charge in [-0.3, -0.25) is 0 Å². The molecule has 1 aromatic rings. The lowest BCUT2D eigenvalue weighted by Gasteiger charge is -2.52. The molecule has 4 heteroatoms. The molecule has 1 aliphatic rings. The van der Waals surface area contributed by atoms with Gasteiger partial charge in [-0.15, -0.1) is 0 Å². The fourth-order valence-corrected chi connectivity index (χ4v) is 2.74. The van der Waals surface area contributed by atoms with E-state index in [4.69, 9.17) is 14.2 Å². The average molecular weight is 279 g/mol. The van der Waals surface area contributed by atoms with Gasteiger partial charge in [0.1, 0.15) is 0 Å². The number of ether oxygens (including phenoxy) is 3. The third-order valence-electron chi connectivity index (χ3n) is 4.27. The van der Waals surface area contributed by atoms with Gasteiger partial charge in [-0.05, 0) is 25.5 Å². The lowest BCUT2D eigenvalue weighted by molar-refractivity contribution is -0.0975. The van der Waals surface area contributed by atoms with Gasteiger partial charge < -0.3 is 19.5 Å². The largest absolute Gasteiger partial charge is 0.493 e. The van der Waals surface area contributed by atoms with Gasteiger partial charge in [0.25, 0.3) is 0 Å². The van der Waals surface area contributed by atoms with Crippen LogP contribution in [0.5, 0.6) is 11.5 Å². The van der Waals surface area contributed by atoms with E-state index in [-0.39, 0.29) is 5.41 Å². The van der Waals surface area contributed by atoms with Gasteiger partial charge in [-0.25, -0.2) is 0 Å². The molecule has 0 aromatic heterocycles. The van der Waals surface area contributed by atoms with Gasteiger partial charge in [0.2, 0.25) is 0 Å². The number of methoxy groups -OCH3 is 2. The minimum Gasteiger partial charge on any atom is -0.493 e. The van der Waals surface area contributed by atoms with Crippen molar-refractivity contribution < 1.29 is 14.2 Å². The van der Waals surface area contributed by atoms with E-state index in [0.29, 0.717) is 12.1 Å². The summed E-state index contributed by atoms with van der Waals surface area (Å²) in [6.07, 6.45) is 1.37. The molecule has 1 saturated carbocycles. The Morgan fingerprint density at radius 1 is 1.20 bits per heavy atom. The molecule has 0 heterocycles. The number of anilines is 1. The normalized spacial score (nSPS) is 23.9. The Morgan fingerprint density at radius 2 is 1.90 bits per heavy atom. The number of nitrogens with one attached hydrogen (secondary N) is 1. The molecule has 1 aliphatic carbocycles. The summed E-state index contributed by atoms with van der Waals surface area (Å²) < 4.78 is 16.3. The standard InChI is InChI=1S/C16H25NO3/c1-6-20-15-10-14(16(15,2)3)17-11-7-8-12(18-4)13(9-11)19-5/h7-9,14-15,17H,6,10H2,1-5H3. The lowest BCUT2D eigenvalue weighted by Crippen LogP contribution is -2.58. The first-order valence-corrected chi connectivity index (χ1v) is 7.13. The first-order valence-electron chi connectivity index (χ1n) is 7.13. The SMILES string of the molecule is CCOC1CC(Nc2ccc(OC)c(OC)c2)C1(C)C. The Labute approximate surface area is 121 Å². The van der Waals surface area contributed by atoms with Crippen LogP contribution >= 0.6 is 0 Å². The summed E-state index contributed by atoms with van der Waals surface area (Å²) in [6.45, 7) is 7.31. The van der Waals surface area contributed by atoms with E-state index in [9.17, 15) is 0 Å². The highest BCUT2D eigenvalue weighted by atomic mass is 16.5. The molecular weight excluding hydrogens is 254 g/mol. The van der Waals surface area contributed by atoms with Crippen LogP contribution in [0.1, 0.15) is 27.2 Å². The molecule has 112 valence electrons. The second-order valence-corrected chi connectivity index (χ2v) is 5.77. The van der Waals surface area contributed by atoms with E-state index >= 15 is 0 Å². The van der Waals surface area contributed by atoms with E-state index in [1.54, 1.807) is 14.2 Å². The zero-order valence-corrected chi connectivity index (χ0v) is 13.0.